The van der Waals surface area contributed by atoms with Gasteiger partial charge in [0.2, 0.25) is 0 Å². The van der Waals surface area contributed by atoms with E-state index in [1.165, 1.54) is 6.07 Å². The molecule has 0 unspecified atom stereocenters. The summed E-state index contributed by atoms with van der Waals surface area (Å²) in [6.45, 7) is 0. The van der Waals surface area contributed by atoms with Crippen molar-refractivity contribution in [2.75, 3.05) is 5.73 Å². The lowest BCUT2D eigenvalue weighted by atomic mass is 10.1. The number of nitrogens with zero attached hydrogens (tertiary/aromatic N) is 1. The number of nitrogens with two attached hydrogens (primary N) is 1. The lowest BCUT2D eigenvalue weighted by Gasteiger charge is -2.09. The van der Waals surface area contributed by atoms with E-state index in [4.69, 9.17) is 10.3 Å². The number of rotatable bonds is 1. The number of benzene rings is 1. The first-order valence-corrected chi connectivity index (χ1v) is 6.17. The van der Waals surface area contributed by atoms with Gasteiger partial charge in [-0.15, -0.1) is 0 Å². The summed E-state index contributed by atoms with van der Waals surface area (Å²) < 4.78 is 43.6. The molecule has 96 valence electrons. The number of hydrogen-bond acceptors (Lipinski definition) is 3. The molecule has 0 amide bonds. The molecule has 0 aliphatic carbocycles. The molecule has 2 aromatic rings. The highest BCUT2D eigenvalue weighted by Crippen LogP contribution is 2.40. The smallest absolute Gasteiger partial charge is 0.380 e. The molecule has 0 spiro atoms. The summed E-state index contributed by atoms with van der Waals surface area (Å²) in [5, 5.41) is 3.48. The molecule has 0 atom stereocenters. The Labute approximate surface area is 116 Å². The maximum atomic E-state index is 12.6. The zero-order chi connectivity index (χ0) is 13.5. The molecule has 2 rings (SSSR count). The molecule has 0 fully saturated rings. The number of aromatic nitrogens is 1. The summed E-state index contributed by atoms with van der Waals surface area (Å²) >= 11 is 6.27. The van der Waals surface area contributed by atoms with Gasteiger partial charge in [-0.3, -0.25) is 0 Å². The SMILES string of the molecule is Nc1noc(-c2cc(C(F)(F)F)ccc2Br)c1Br. The average Bonchev–Trinajstić information content (AvgIpc) is 2.59. The van der Waals surface area contributed by atoms with Gasteiger partial charge in [-0.05, 0) is 34.1 Å². The van der Waals surface area contributed by atoms with E-state index in [0.29, 0.717) is 8.95 Å². The number of alkyl halides is 3. The summed E-state index contributed by atoms with van der Waals surface area (Å²) in [7, 11) is 0. The fourth-order valence-corrected chi connectivity index (χ4v) is 2.12. The predicted octanol–water partition coefficient (Wildman–Crippen LogP) is 4.47. The molecule has 0 radical (unpaired) electrons. The van der Waals surface area contributed by atoms with E-state index in [-0.39, 0.29) is 17.1 Å². The minimum Gasteiger partial charge on any atom is -0.380 e. The van der Waals surface area contributed by atoms with Crippen LogP contribution >= 0.6 is 31.9 Å². The molecule has 18 heavy (non-hydrogen) atoms. The Hall–Kier alpha value is -1.02. The summed E-state index contributed by atoms with van der Waals surface area (Å²) in [4.78, 5) is 0. The molecule has 1 heterocycles. The third-order valence-electron chi connectivity index (χ3n) is 2.20. The molecule has 0 aliphatic rings. The molecule has 2 N–H and O–H groups in total. The zero-order valence-corrected chi connectivity index (χ0v) is 11.7. The van der Waals surface area contributed by atoms with Crippen molar-refractivity contribution in [3.05, 3.63) is 32.7 Å². The molecule has 3 nitrogen and oxygen atoms in total. The van der Waals surface area contributed by atoms with Gasteiger partial charge < -0.3 is 10.3 Å². The van der Waals surface area contributed by atoms with Crippen LogP contribution in [0.4, 0.5) is 19.0 Å². The Balaban J connectivity index is 2.61. The third kappa shape index (κ3) is 2.39. The first kappa shape index (κ1) is 13.4. The van der Waals surface area contributed by atoms with Gasteiger partial charge in [0.05, 0.1) is 5.56 Å². The van der Waals surface area contributed by atoms with Gasteiger partial charge in [0, 0.05) is 10.0 Å². The summed E-state index contributed by atoms with van der Waals surface area (Å²) in [6.07, 6.45) is -4.42. The first-order valence-electron chi connectivity index (χ1n) is 4.58. The molecule has 0 bridgehead atoms. The molecule has 0 saturated heterocycles. The van der Waals surface area contributed by atoms with Gasteiger partial charge >= 0.3 is 6.18 Å². The lowest BCUT2D eigenvalue weighted by Crippen LogP contribution is -2.04. The van der Waals surface area contributed by atoms with Crippen molar-refractivity contribution in [1.29, 1.82) is 0 Å². The molecule has 8 heteroatoms. The Morgan fingerprint density at radius 1 is 1.22 bits per heavy atom. The lowest BCUT2D eigenvalue weighted by molar-refractivity contribution is -0.137. The van der Waals surface area contributed by atoms with Crippen molar-refractivity contribution in [2.45, 2.75) is 6.18 Å². The highest BCUT2D eigenvalue weighted by molar-refractivity contribution is 9.11. The molecule has 1 aromatic carbocycles. The van der Waals surface area contributed by atoms with Crippen molar-refractivity contribution in [3.8, 4) is 11.3 Å². The highest BCUT2D eigenvalue weighted by Gasteiger charge is 2.31. The van der Waals surface area contributed by atoms with Crippen LogP contribution in [0.3, 0.4) is 0 Å². The van der Waals surface area contributed by atoms with Crippen molar-refractivity contribution in [1.82, 2.24) is 5.16 Å². The monoisotopic (exact) mass is 384 g/mol. The minimum atomic E-state index is -4.42. The molecule has 0 aliphatic heterocycles. The zero-order valence-electron chi connectivity index (χ0n) is 8.55. The standard InChI is InChI=1S/C10H5Br2F3N2O/c11-6-2-1-4(10(13,14)15)3-5(6)8-7(12)9(16)17-18-8/h1-3H,(H2,16,17). The van der Waals surface area contributed by atoms with Gasteiger partial charge in [-0.1, -0.05) is 21.1 Å². The summed E-state index contributed by atoms with van der Waals surface area (Å²) in [5.41, 5.74) is 4.91. The van der Waals surface area contributed by atoms with Crippen LogP contribution in [0, 0.1) is 0 Å². The minimum absolute atomic E-state index is 0.0781. The Morgan fingerprint density at radius 2 is 1.89 bits per heavy atom. The van der Waals surface area contributed by atoms with E-state index in [9.17, 15) is 13.2 Å². The van der Waals surface area contributed by atoms with Gasteiger partial charge in [-0.25, -0.2) is 0 Å². The molecular formula is C10H5Br2F3N2O. The third-order valence-corrected chi connectivity index (χ3v) is 3.66. The fraction of sp³-hybridized carbons (Fsp3) is 0.100. The Kier molecular flexibility index (Phi) is 3.41. The second kappa shape index (κ2) is 4.58. The van der Waals surface area contributed by atoms with E-state index in [0.717, 1.165) is 12.1 Å². The maximum Gasteiger partial charge on any atom is 0.416 e. The quantitative estimate of drug-likeness (QED) is 0.787. The van der Waals surface area contributed by atoms with Crippen LogP contribution in [0.15, 0.2) is 31.7 Å². The van der Waals surface area contributed by atoms with Crippen LogP contribution in [0.2, 0.25) is 0 Å². The van der Waals surface area contributed by atoms with Crippen LogP contribution in [0.25, 0.3) is 11.3 Å². The number of anilines is 1. The largest absolute Gasteiger partial charge is 0.416 e. The second-order valence-corrected chi connectivity index (χ2v) is 5.05. The van der Waals surface area contributed by atoms with E-state index in [1.54, 1.807) is 0 Å². The van der Waals surface area contributed by atoms with Crippen LogP contribution in [0.5, 0.6) is 0 Å². The number of halogens is 5. The number of nitrogen functional groups attached to an aromatic ring is 1. The van der Waals surface area contributed by atoms with Crippen LogP contribution in [-0.2, 0) is 6.18 Å². The summed E-state index contributed by atoms with van der Waals surface area (Å²) in [6, 6.07) is 3.24. The topological polar surface area (TPSA) is 52.0 Å². The Morgan fingerprint density at radius 3 is 2.39 bits per heavy atom. The Bertz CT molecular complexity index is 595. The average molecular weight is 386 g/mol. The maximum absolute atomic E-state index is 12.6. The van der Waals surface area contributed by atoms with E-state index in [1.807, 2.05) is 0 Å². The van der Waals surface area contributed by atoms with Crippen molar-refractivity contribution < 1.29 is 17.7 Å². The van der Waals surface area contributed by atoms with Gasteiger partial charge in [-0.2, -0.15) is 13.2 Å². The van der Waals surface area contributed by atoms with Crippen LogP contribution in [0.1, 0.15) is 5.56 Å². The number of hydrogen-bond donors (Lipinski definition) is 1. The van der Waals surface area contributed by atoms with E-state index in [2.05, 4.69) is 37.0 Å². The first-order chi connectivity index (χ1) is 8.30. The fourth-order valence-electron chi connectivity index (χ4n) is 1.33. The van der Waals surface area contributed by atoms with Gasteiger partial charge in [0.1, 0.15) is 4.47 Å². The summed E-state index contributed by atoms with van der Waals surface area (Å²) in [5.74, 6) is 0.222. The van der Waals surface area contributed by atoms with Crippen LogP contribution in [-0.4, -0.2) is 5.16 Å². The van der Waals surface area contributed by atoms with Crippen LogP contribution < -0.4 is 5.73 Å². The van der Waals surface area contributed by atoms with Crippen molar-refractivity contribution >= 4 is 37.7 Å². The molecular weight excluding hydrogens is 381 g/mol. The van der Waals surface area contributed by atoms with E-state index < -0.39 is 11.7 Å². The highest BCUT2D eigenvalue weighted by atomic mass is 79.9. The second-order valence-electron chi connectivity index (χ2n) is 3.40. The predicted molar refractivity (Wildman–Crippen MR) is 66.8 cm³/mol. The molecule has 1 aromatic heterocycles. The van der Waals surface area contributed by atoms with E-state index >= 15 is 0 Å². The molecule has 0 saturated carbocycles. The van der Waals surface area contributed by atoms with Gasteiger partial charge in [0.25, 0.3) is 0 Å². The van der Waals surface area contributed by atoms with Gasteiger partial charge in [0.15, 0.2) is 11.6 Å². The van der Waals surface area contributed by atoms with Crippen molar-refractivity contribution in [3.63, 3.8) is 0 Å². The van der Waals surface area contributed by atoms with Crippen molar-refractivity contribution in [2.24, 2.45) is 0 Å². The normalized spacial score (nSPS) is 11.8.